The number of aromatic nitrogens is 8. The van der Waals surface area contributed by atoms with Gasteiger partial charge in [0.1, 0.15) is 12.4 Å². The maximum Gasteiger partial charge on any atom is 0.435 e. The van der Waals surface area contributed by atoms with E-state index in [4.69, 9.17) is 0 Å². The van der Waals surface area contributed by atoms with Gasteiger partial charge in [-0.25, -0.2) is 19.2 Å². The van der Waals surface area contributed by atoms with Crippen LogP contribution in [0.2, 0.25) is 0 Å². The van der Waals surface area contributed by atoms with Crippen LogP contribution in [0.5, 0.6) is 0 Å². The molecule has 11 heteroatoms. The fourth-order valence-corrected chi connectivity index (χ4v) is 3.92. The smallest absolute Gasteiger partial charge is 0.258 e. The topological polar surface area (TPSA) is 78.7 Å². The third kappa shape index (κ3) is 2.95. The summed E-state index contributed by atoms with van der Waals surface area (Å²) in [5, 5.41) is 13.5. The molecule has 0 bridgehead atoms. The number of nitrogens with zero attached hydrogens (tertiary/aromatic N) is 8. The molecule has 0 amide bonds. The summed E-state index contributed by atoms with van der Waals surface area (Å²) in [7, 11) is 0. The van der Waals surface area contributed by atoms with Crippen molar-refractivity contribution < 1.29 is 13.2 Å². The molecule has 0 radical (unpaired) electrons. The summed E-state index contributed by atoms with van der Waals surface area (Å²) in [6, 6.07) is 10.2. The van der Waals surface area contributed by atoms with Crippen LogP contribution in [0.15, 0.2) is 48.9 Å². The third-order valence-electron chi connectivity index (χ3n) is 5.71. The lowest BCUT2D eigenvalue weighted by Gasteiger charge is -2.12. The van der Waals surface area contributed by atoms with Crippen molar-refractivity contribution in [2.24, 2.45) is 0 Å². The van der Waals surface area contributed by atoms with E-state index < -0.39 is 17.9 Å². The zero-order chi connectivity index (χ0) is 22.0. The van der Waals surface area contributed by atoms with Crippen molar-refractivity contribution in [2.45, 2.75) is 37.9 Å². The lowest BCUT2D eigenvalue weighted by molar-refractivity contribution is -0.141. The number of para-hydroxylation sites is 1. The summed E-state index contributed by atoms with van der Waals surface area (Å²) >= 11 is 0. The summed E-state index contributed by atoms with van der Waals surface area (Å²) in [6.07, 6.45) is 0.422. The third-order valence-corrected chi connectivity index (χ3v) is 5.71. The van der Waals surface area contributed by atoms with Crippen molar-refractivity contribution in [3.63, 3.8) is 0 Å². The van der Waals surface area contributed by atoms with Gasteiger partial charge in [0.15, 0.2) is 22.8 Å². The number of halogens is 3. The molecule has 1 atom stereocenters. The van der Waals surface area contributed by atoms with Crippen molar-refractivity contribution >= 4 is 16.7 Å². The van der Waals surface area contributed by atoms with Crippen LogP contribution in [-0.4, -0.2) is 39.1 Å². The Balaban J connectivity index is 1.45. The minimum Gasteiger partial charge on any atom is -0.258 e. The van der Waals surface area contributed by atoms with Crippen LogP contribution in [-0.2, 0) is 6.18 Å². The summed E-state index contributed by atoms with van der Waals surface area (Å²) in [5.41, 5.74) is 1.70. The van der Waals surface area contributed by atoms with Crippen LogP contribution >= 0.6 is 0 Å². The maximum absolute atomic E-state index is 13.3. The number of alkyl halides is 3. The molecule has 6 rings (SSSR count). The average Bonchev–Trinajstić information content (AvgIpc) is 3.20. The van der Waals surface area contributed by atoms with Gasteiger partial charge in [-0.15, -0.1) is 5.10 Å². The Morgan fingerprint density at radius 3 is 2.56 bits per heavy atom. The number of rotatable bonds is 4. The van der Waals surface area contributed by atoms with E-state index in [9.17, 15) is 13.2 Å². The van der Waals surface area contributed by atoms with Gasteiger partial charge in [-0.3, -0.25) is 4.68 Å². The second-order valence-corrected chi connectivity index (χ2v) is 7.96. The van der Waals surface area contributed by atoms with Crippen molar-refractivity contribution in [3.8, 4) is 5.69 Å². The summed E-state index contributed by atoms with van der Waals surface area (Å²) in [4.78, 5) is 9.11. The molecule has 0 aliphatic heterocycles. The monoisotopic (exact) mass is 438 g/mol. The van der Waals surface area contributed by atoms with Gasteiger partial charge < -0.3 is 0 Å². The van der Waals surface area contributed by atoms with Gasteiger partial charge in [-0.1, -0.05) is 18.2 Å². The van der Waals surface area contributed by atoms with E-state index >= 15 is 0 Å². The maximum atomic E-state index is 13.3. The molecular formula is C21H17F3N8. The van der Waals surface area contributed by atoms with Crippen molar-refractivity contribution in [1.82, 2.24) is 39.1 Å². The highest BCUT2D eigenvalue weighted by molar-refractivity contribution is 5.89. The molecule has 1 saturated carbocycles. The summed E-state index contributed by atoms with van der Waals surface area (Å²) < 4.78 is 44.5. The highest BCUT2D eigenvalue weighted by Crippen LogP contribution is 2.43. The standard InChI is InChI=1S/C21H17F3N8/c1-12(31-16(13-7-8-13)9-17(28-31)21(22,23)24)18-27-20-15-10-26-32(14-5-3-2-4-6-14)19(15)25-11-30(20)29-18/h2-6,9-13H,7-8H2,1H3/t12-/m0/s1. The fraction of sp³-hybridized carbons (Fsp3) is 0.286. The van der Waals surface area contributed by atoms with Crippen molar-refractivity contribution in [1.29, 1.82) is 0 Å². The van der Waals surface area contributed by atoms with Gasteiger partial charge in [-0.2, -0.15) is 23.4 Å². The van der Waals surface area contributed by atoms with Gasteiger partial charge in [0.25, 0.3) is 0 Å². The van der Waals surface area contributed by atoms with E-state index in [-0.39, 0.29) is 5.92 Å². The predicted molar refractivity (Wildman–Crippen MR) is 108 cm³/mol. The highest BCUT2D eigenvalue weighted by atomic mass is 19.4. The number of benzene rings is 1. The molecule has 1 aromatic carbocycles. The molecule has 32 heavy (non-hydrogen) atoms. The lowest BCUT2D eigenvalue weighted by Crippen LogP contribution is -2.15. The molecule has 8 nitrogen and oxygen atoms in total. The molecule has 0 saturated heterocycles. The average molecular weight is 438 g/mol. The zero-order valence-electron chi connectivity index (χ0n) is 16.9. The molecule has 0 spiro atoms. The molecule has 4 heterocycles. The molecule has 1 aliphatic carbocycles. The lowest BCUT2D eigenvalue weighted by atomic mass is 10.2. The summed E-state index contributed by atoms with van der Waals surface area (Å²) in [5.74, 6) is 0.459. The van der Waals surface area contributed by atoms with E-state index in [2.05, 4.69) is 25.3 Å². The largest absolute Gasteiger partial charge is 0.435 e. The molecule has 1 aliphatic rings. The first-order chi connectivity index (χ1) is 15.4. The van der Waals surface area contributed by atoms with Gasteiger partial charge >= 0.3 is 6.18 Å². The van der Waals surface area contributed by atoms with E-state index in [0.717, 1.165) is 24.6 Å². The van der Waals surface area contributed by atoms with E-state index in [1.165, 1.54) is 15.5 Å². The second kappa shape index (κ2) is 6.62. The van der Waals surface area contributed by atoms with E-state index in [1.54, 1.807) is 17.8 Å². The Kier molecular flexibility index (Phi) is 3.92. The second-order valence-electron chi connectivity index (χ2n) is 7.96. The molecule has 1 fully saturated rings. The molecule has 0 unspecified atom stereocenters. The Morgan fingerprint density at radius 2 is 1.84 bits per heavy atom. The van der Waals surface area contributed by atoms with Gasteiger partial charge in [0.2, 0.25) is 0 Å². The number of fused-ring (bicyclic) bond motifs is 3. The van der Waals surface area contributed by atoms with Gasteiger partial charge in [0.05, 0.1) is 17.3 Å². The first-order valence-electron chi connectivity index (χ1n) is 10.2. The quantitative estimate of drug-likeness (QED) is 0.421. The summed E-state index contributed by atoms with van der Waals surface area (Å²) in [6.45, 7) is 1.76. The van der Waals surface area contributed by atoms with Crippen LogP contribution in [0.25, 0.3) is 22.4 Å². The van der Waals surface area contributed by atoms with Gasteiger partial charge in [0, 0.05) is 11.6 Å². The Morgan fingerprint density at radius 1 is 1.06 bits per heavy atom. The number of hydrogen-bond acceptors (Lipinski definition) is 5. The Bertz CT molecular complexity index is 1440. The first-order valence-corrected chi connectivity index (χ1v) is 10.2. The Hall–Kier alpha value is -3.76. The SMILES string of the molecule is C[C@@H](c1nc2c3cnn(-c4ccccc4)c3ncn2n1)n1nc(C(F)(F)F)cc1C1CC1. The van der Waals surface area contributed by atoms with Crippen molar-refractivity contribution in [3.05, 3.63) is 66.1 Å². The molecule has 5 aromatic rings. The van der Waals surface area contributed by atoms with E-state index in [0.29, 0.717) is 28.2 Å². The van der Waals surface area contributed by atoms with Crippen LogP contribution in [0.3, 0.4) is 0 Å². The molecule has 4 aromatic heterocycles. The van der Waals surface area contributed by atoms with Crippen LogP contribution in [0, 0.1) is 0 Å². The minimum atomic E-state index is -4.50. The Labute approximate surface area is 179 Å². The predicted octanol–water partition coefficient (Wildman–Crippen LogP) is 4.17. The first kappa shape index (κ1) is 19.0. The van der Waals surface area contributed by atoms with Crippen LogP contribution in [0.4, 0.5) is 13.2 Å². The zero-order valence-corrected chi connectivity index (χ0v) is 16.9. The van der Waals surface area contributed by atoms with Crippen LogP contribution in [0.1, 0.15) is 48.9 Å². The molecule has 162 valence electrons. The van der Waals surface area contributed by atoms with E-state index in [1.807, 2.05) is 30.3 Å². The normalized spacial score (nSPS) is 15.6. The fourth-order valence-electron chi connectivity index (χ4n) is 3.92. The highest BCUT2D eigenvalue weighted by Gasteiger charge is 2.39. The van der Waals surface area contributed by atoms with Crippen molar-refractivity contribution in [2.75, 3.05) is 0 Å². The molecular weight excluding hydrogens is 421 g/mol. The van der Waals surface area contributed by atoms with Crippen LogP contribution < -0.4 is 0 Å². The van der Waals surface area contributed by atoms with Gasteiger partial charge in [-0.05, 0) is 38.0 Å². The number of hydrogen-bond donors (Lipinski definition) is 0. The molecule has 0 N–H and O–H groups in total. The minimum absolute atomic E-state index is 0.0931.